The van der Waals surface area contributed by atoms with Crippen LogP contribution in [0.25, 0.3) is 0 Å². The van der Waals surface area contributed by atoms with Gasteiger partial charge < -0.3 is 15.5 Å². The Bertz CT molecular complexity index is 363. The van der Waals surface area contributed by atoms with Gasteiger partial charge in [-0.1, -0.05) is 19.1 Å². The molecule has 1 heterocycles. The fourth-order valence-electron chi connectivity index (χ4n) is 3.26. The van der Waals surface area contributed by atoms with Gasteiger partial charge in [0.05, 0.1) is 10.4 Å². The molecule has 0 bridgehead atoms. The first-order valence-electron chi connectivity index (χ1n) is 6.62. The molecule has 2 aliphatic rings. The lowest BCUT2D eigenvalue weighted by atomic mass is 9.61. The third-order valence-electron chi connectivity index (χ3n) is 4.46. The SMILES string of the molecule is CC1CC(C(=O)N2CCC(N(C)C)C2)(C(N)=S)C1. The molecule has 0 aromatic rings. The van der Waals surface area contributed by atoms with Crippen molar-refractivity contribution in [2.45, 2.75) is 32.2 Å². The van der Waals surface area contributed by atoms with Gasteiger partial charge in [-0.2, -0.15) is 0 Å². The number of likely N-dealkylation sites (tertiary alicyclic amines) is 1. The Balaban J connectivity index is 2.05. The largest absolute Gasteiger partial charge is 0.392 e. The monoisotopic (exact) mass is 269 g/mol. The second-order valence-corrected chi connectivity index (χ2v) is 6.56. The number of hydrogen-bond acceptors (Lipinski definition) is 3. The van der Waals surface area contributed by atoms with E-state index in [-0.39, 0.29) is 5.91 Å². The molecule has 0 aromatic heterocycles. The zero-order valence-electron chi connectivity index (χ0n) is 11.5. The molecule has 1 saturated carbocycles. The van der Waals surface area contributed by atoms with Crippen molar-refractivity contribution in [1.29, 1.82) is 0 Å². The predicted octanol–water partition coefficient (Wildman–Crippen LogP) is 0.851. The first-order chi connectivity index (χ1) is 8.36. The van der Waals surface area contributed by atoms with Crippen LogP contribution >= 0.6 is 12.2 Å². The highest BCUT2D eigenvalue weighted by molar-refractivity contribution is 7.80. The standard InChI is InChI=1S/C13H23N3OS/c1-9-6-13(7-9,11(14)18)12(17)16-5-4-10(8-16)15(2)3/h9-10H,4-8H2,1-3H3,(H2,14,18). The minimum atomic E-state index is -0.532. The highest BCUT2D eigenvalue weighted by Gasteiger charge is 2.53. The third-order valence-corrected chi connectivity index (χ3v) is 4.85. The lowest BCUT2D eigenvalue weighted by Gasteiger charge is -2.46. The normalized spacial score (nSPS) is 35.7. The van der Waals surface area contributed by atoms with Crippen LogP contribution in [0.15, 0.2) is 0 Å². The highest BCUT2D eigenvalue weighted by atomic mass is 32.1. The minimum Gasteiger partial charge on any atom is -0.392 e. The quantitative estimate of drug-likeness (QED) is 0.772. The van der Waals surface area contributed by atoms with Crippen LogP contribution in [0, 0.1) is 11.3 Å². The fraction of sp³-hybridized carbons (Fsp3) is 0.846. The summed E-state index contributed by atoms with van der Waals surface area (Å²) in [4.78, 5) is 17.2. The maximum Gasteiger partial charge on any atom is 0.235 e. The van der Waals surface area contributed by atoms with E-state index in [2.05, 4.69) is 25.9 Å². The Labute approximate surface area is 114 Å². The van der Waals surface area contributed by atoms with Gasteiger partial charge >= 0.3 is 0 Å². The van der Waals surface area contributed by atoms with Gasteiger partial charge in [0.1, 0.15) is 0 Å². The highest BCUT2D eigenvalue weighted by Crippen LogP contribution is 2.47. The van der Waals surface area contributed by atoms with Crippen LogP contribution in [0.5, 0.6) is 0 Å². The average Bonchev–Trinajstić information content (AvgIpc) is 2.72. The molecule has 2 rings (SSSR count). The molecule has 1 aliphatic carbocycles. The number of carbonyl (C=O) groups is 1. The van der Waals surface area contributed by atoms with E-state index in [1.807, 2.05) is 4.90 Å². The van der Waals surface area contributed by atoms with Crippen LogP contribution in [0.1, 0.15) is 26.2 Å². The van der Waals surface area contributed by atoms with E-state index in [4.69, 9.17) is 18.0 Å². The first-order valence-corrected chi connectivity index (χ1v) is 7.03. The number of rotatable bonds is 3. The lowest BCUT2D eigenvalue weighted by Crippen LogP contribution is -2.56. The van der Waals surface area contributed by atoms with Gasteiger partial charge in [-0.05, 0) is 39.3 Å². The van der Waals surface area contributed by atoms with Gasteiger partial charge in [-0.25, -0.2) is 0 Å². The smallest absolute Gasteiger partial charge is 0.235 e. The molecule has 4 nitrogen and oxygen atoms in total. The molecule has 1 saturated heterocycles. The topological polar surface area (TPSA) is 49.6 Å². The van der Waals surface area contributed by atoms with Gasteiger partial charge in [0.2, 0.25) is 5.91 Å². The fourth-order valence-corrected chi connectivity index (χ4v) is 3.52. The minimum absolute atomic E-state index is 0.164. The molecule has 1 aliphatic heterocycles. The Morgan fingerprint density at radius 2 is 2.06 bits per heavy atom. The maximum atomic E-state index is 12.6. The summed E-state index contributed by atoms with van der Waals surface area (Å²) in [5.41, 5.74) is 5.30. The molecule has 1 unspecified atom stereocenters. The molecular formula is C13H23N3OS. The summed E-state index contributed by atoms with van der Waals surface area (Å²) in [6, 6.07) is 0.467. The summed E-state index contributed by atoms with van der Waals surface area (Å²) in [7, 11) is 4.13. The molecule has 1 atom stereocenters. The molecule has 2 fully saturated rings. The van der Waals surface area contributed by atoms with Crippen molar-refractivity contribution in [3.63, 3.8) is 0 Å². The molecule has 5 heteroatoms. The van der Waals surface area contributed by atoms with Gasteiger partial charge in [-0.15, -0.1) is 0 Å². The van der Waals surface area contributed by atoms with Crippen LogP contribution in [0.3, 0.4) is 0 Å². The van der Waals surface area contributed by atoms with E-state index in [9.17, 15) is 4.79 Å². The number of carbonyl (C=O) groups excluding carboxylic acids is 1. The van der Waals surface area contributed by atoms with Crippen molar-refractivity contribution in [2.75, 3.05) is 27.2 Å². The van der Waals surface area contributed by atoms with Crippen molar-refractivity contribution in [3.8, 4) is 0 Å². The van der Waals surface area contributed by atoms with Crippen LogP contribution in [0.2, 0.25) is 0 Å². The molecule has 1 amide bonds. The molecule has 2 N–H and O–H groups in total. The number of nitrogens with two attached hydrogens (primary N) is 1. The summed E-state index contributed by atoms with van der Waals surface area (Å²) in [6.45, 7) is 3.79. The zero-order valence-corrected chi connectivity index (χ0v) is 12.3. The summed E-state index contributed by atoms with van der Waals surface area (Å²) < 4.78 is 0. The van der Waals surface area contributed by atoms with Crippen LogP contribution in [0.4, 0.5) is 0 Å². The van der Waals surface area contributed by atoms with Crippen molar-refractivity contribution in [2.24, 2.45) is 17.1 Å². The van der Waals surface area contributed by atoms with Crippen molar-refractivity contribution < 1.29 is 4.79 Å². The summed E-state index contributed by atoms with van der Waals surface area (Å²) in [6.07, 6.45) is 2.69. The first kappa shape index (κ1) is 13.7. The van der Waals surface area contributed by atoms with Crippen LogP contribution in [-0.2, 0) is 4.79 Å². The number of likely N-dealkylation sites (N-methyl/N-ethyl adjacent to an activating group) is 1. The Morgan fingerprint density at radius 3 is 2.44 bits per heavy atom. The molecule has 18 heavy (non-hydrogen) atoms. The molecule has 0 radical (unpaired) electrons. The van der Waals surface area contributed by atoms with E-state index in [1.54, 1.807) is 0 Å². The Kier molecular flexibility index (Phi) is 3.65. The average molecular weight is 269 g/mol. The van der Waals surface area contributed by atoms with Gasteiger partial charge in [0, 0.05) is 19.1 Å². The zero-order chi connectivity index (χ0) is 13.5. The van der Waals surface area contributed by atoms with E-state index >= 15 is 0 Å². The van der Waals surface area contributed by atoms with E-state index in [1.165, 1.54) is 0 Å². The molecule has 102 valence electrons. The number of amides is 1. The third kappa shape index (κ3) is 2.14. The molecular weight excluding hydrogens is 246 g/mol. The van der Waals surface area contributed by atoms with E-state index < -0.39 is 5.41 Å². The lowest BCUT2D eigenvalue weighted by molar-refractivity contribution is -0.143. The van der Waals surface area contributed by atoms with Crippen molar-refractivity contribution in [1.82, 2.24) is 9.80 Å². The van der Waals surface area contributed by atoms with Gasteiger partial charge in [-0.3, -0.25) is 4.79 Å². The number of hydrogen-bond donors (Lipinski definition) is 1. The molecule has 0 aromatic carbocycles. The summed E-state index contributed by atoms with van der Waals surface area (Å²) >= 11 is 5.15. The van der Waals surface area contributed by atoms with E-state index in [0.29, 0.717) is 16.9 Å². The van der Waals surface area contributed by atoms with Gasteiger partial charge in [0.15, 0.2) is 0 Å². The maximum absolute atomic E-state index is 12.6. The van der Waals surface area contributed by atoms with Crippen LogP contribution < -0.4 is 5.73 Å². The Hall–Kier alpha value is -0.680. The van der Waals surface area contributed by atoms with Gasteiger partial charge in [0.25, 0.3) is 0 Å². The number of nitrogens with zero attached hydrogens (tertiary/aromatic N) is 2. The number of thiocarbonyl (C=S) groups is 1. The second-order valence-electron chi connectivity index (χ2n) is 6.12. The summed E-state index contributed by atoms with van der Waals surface area (Å²) in [5, 5.41) is 0. The van der Waals surface area contributed by atoms with Crippen molar-refractivity contribution >= 4 is 23.1 Å². The van der Waals surface area contributed by atoms with Crippen LogP contribution in [-0.4, -0.2) is 53.9 Å². The molecule has 0 spiro atoms. The van der Waals surface area contributed by atoms with Crippen molar-refractivity contribution in [3.05, 3.63) is 0 Å². The summed E-state index contributed by atoms with van der Waals surface area (Å²) in [5.74, 6) is 0.722. The second kappa shape index (κ2) is 4.78. The Morgan fingerprint density at radius 1 is 1.44 bits per heavy atom. The van der Waals surface area contributed by atoms with E-state index in [0.717, 1.165) is 32.4 Å². The predicted molar refractivity (Wildman–Crippen MR) is 76.3 cm³/mol.